The first-order valence-electron chi connectivity index (χ1n) is 6.37. The molecule has 96 valence electrons. The molecule has 0 radical (unpaired) electrons. The molecule has 18 heavy (non-hydrogen) atoms. The predicted molar refractivity (Wildman–Crippen MR) is 67.3 cm³/mol. The van der Waals surface area contributed by atoms with Crippen molar-refractivity contribution in [3.63, 3.8) is 0 Å². The van der Waals surface area contributed by atoms with Gasteiger partial charge < -0.3 is 9.52 Å². The Bertz CT molecular complexity index is 566. The van der Waals surface area contributed by atoms with Gasteiger partial charge in [-0.3, -0.25) is 4.79 Å². The Kier molecular flexibility index (Phi) is 2.18. The van der Waals surface area contributed by atoms with Gasteiger partial charge in [0.05, 0.1) is 6.26 Å². The molecule has 0 spiro atoms. The van der Waals surface area contributed by atoms with Gasteiger partial charge in [0, 0.05) is 18.3 Å². The molecule has 2 aliphatic rings. The van der Waals surface area contributed by atoms with Crippen molar-refractivity contribution in [3.8, 4) is 0 Å². The fourth-order valence-corrected chi connectivity index (χ4v) is 3.35. The summed E-state index contributed by atoms with van der Waals surface area (Å²) >= 11 is 0. The summed E-state index contributed by atoms with van der Waals surface area (Å²) in [5, 5.41) is 10.9. The molecule has 3 rings (SSSR count). The van der Waals surface area contributed by atoms with Gasteiger partial charge in [-0.15, -0.1) is 0 Å². The molecule has 1 aromatic heterocycles. The molecule has 3 nitrogen and oxygen atoms in total. The van der Waals surface area contributed by atoms with Crippen LogP contribution < -0.4 is 0 Å². The van der Waals surface area contributed by atoms with E-state index >= 15 is 0 Å². The maximum absolute atomic E-state index is 12.2. The Labute approximate surface area is 106 Å². The summed E-state index contributed by atoms with van der Waals surface area (Å²) in [5.74, 6) is 0.686. The fourth-order valence-electron chi connectivity index (χ4n) is 3.35. The molecule has 3 heteroatoms. The number of hydrogen-bond acceptors (Lipinski definition) is 3. The van der Waals surface area contributed by atoms with E-state index in [0.29, 0.717) is 19.3 Å². The second-order valence-corrected chi connectivity index (χ2v) is 5.88. The molecule has 1 N–H and O–H groups in total. The number of carbonyl (C=O) groups excluding carboxylic acids is 1. The van der Waals surface area contributed by atoms with Crippen LogP contribution in [0, 0.1) is 12.3 Å². The van der Waals surface area contributed by atoms with Crippen molar-refractivity contribution in [2.45, 2.75) is 45.6 Å². The molecule has 1 aromatic rings. The third kappa shape index (κ3) is 1.20. The average Bonchev–Trinajstić information content (AvgIpc) is 2.66. The van der Waals surface area contributed by atoms with Crippen LogP contribution in [0.4, 0.5) is 0 Å². The second kappa shape index (κ2) is 3.35. The van der Waals surface area contributed by atoms with E-state index in [1.807, 2.05) is 26.8 Å². The van der Waals surface area contributed by atoms with Gasteiger partial charge >= 0.3 is 0 Å². The number of aliphatic hydroxyl groups is 1. The van der Waals surface area contributed by atoms with Gasteiger partial charge in [0.25, 0.3) is 0 Å². The highest BCUT2D eigenvalue weighted by Crippen LogP contribution is 2.51. The Morgan fingerprint density at radius 2 is 2.06 bits per heavy atom. The van der Waals surface area contributed by atoms with Crippen LogP contribution in [0.15, 0.2) is 22.3 Å². The lowest BCUT2D eigenvalue weighted by atomic mass is 9.56. The topological polar surface area (TPSA) is 50.4 Å². The lowest BCUT2D eigenvalue weighted by Gasteiger charge is -2.49. The summed E-state index contributed by atoms with van der Waals surface area (Å²) in [6.07, 6.45) is 4.98. The summed E-state index contributed by atoms with van der Waals surface area (Å²) in [5.41, 5.74) is 1.58. The van der Waals surface area contributed by atoms with E-state index in [2.05, 4.69) is 0 Å². The molecule has 2 atom stereocenters. The van der Waals surface area contributed by atoms with E-state index in [0.717, 1.165) is 22.5 Å². The number of fused-ring (bicyclic) bond motifs is 2. The third-order valence-corrected chi connectivity index (χ3v) is 4.98. The van der Waals surface area contributed by atoms with Gasteiger partial charge in [0.15, 0.2) is 5.78 Å². The van der Waals surface area contributed by atoms with Gasteiger partial charge in [-0.2, -0.15) is 0 Å². The molecular weight excluding hydrogens is 228 g/mol. The Morgan fingerprint density at radius 3 is 2.78 bits per heavy atom. The average molecular weight is 246 g/mol. The normalized spacial score (nSPS) is 34.9. The van der Waals surface area contributed by atoms with E-state index in [4.69, 9.17) is 4.42 Å². The van der Waals surface area contributed by atoms with Crippen molar-refractivity contribution in [1.29, 1.82) is 0 Å². The molecule has 0 aliphatic heterocycles. The maximum Gasteiger partial charge on any atom is 0.169 e. The third-order valence-electron chi connectivity index (χ3n) is 4.98. The van der Waals surface area contributed by atoms with E-state index in [9.17, 15) is 9.90 Å². The number of allylic oxidation sites excluding steroid dienone is 1. The van der Waals surface area contributed by atoms with Crippen LogP contribution in [0.3, 0.4) is 0 Å². The first-order valence-corrected chi connectivity index (χ1v) is 6.37. The van der Waals surface area contributed by atoms with E-state index in [-0.39, 0.29) is 5.78 Å². The standard InChI is InChI=1S/C15H18O3/c1-9-8-18-12-7-15(17)13(16)5-4-10(2)14(15,3)6-11(9)12/h4,8,17H,5-7H2,1-3H3/t14-,15-/m1/s1. The fraction of sp³-hybridized carbons (Fsp3) is 0.533. The van der Waals surface area contributed by atoms with Crippen molar-refractivity contribution in [3.05, 3.63) is 34.8 Å². The summed E-state index contributed by atoms with van der Waals surface area (Å²) in [7, 11) is 0. The highest BCUT2D eigenvalue weighted by Gasteiger charge is 2.57. The van der Waals surface area contributed by atoms with E-state index in [1.54, 1.807) is 6.26 Å². The minimum absolute atomic E-state index is 0.0877. The van der Waals surface area contributed by atoms with Crippen LogP contribution >= 0.6 is 0 Å². The first kappa shape index (κ1) is 11.7. The van der Waals surface area contributed by atoms with Crippen LogP contribution in [0.25, 0.3) is 0 Å². The molecule has 0 unspecified atom stereocenters. The number of rotatable bonds is 0. The van der Waals surface area contributed by atoms with Crippen molar-refractivity contribution < 1.29 is 14.3 Å². The zero-order chi connectivity index (χ0) is 13.1. The van der Waals surface area contributed by atoms with Gasteiger partial charge in [-0.05, 0) is 31.4 Å². The number of ketones is 1. The van der Waals surface area contributed by atoms with Crippen LogP contribution in [-0.2, 0) is 17.6 Å². The summed E-state index contributed by atoms with van der Waals surface area (Å²) in [6, 6.07) is 0. The second-order valence-electron chi connectivity index (χ2n) is 5.88. The Hall–Kier alpha value is -1.35. The van der Waals surface area contributed by atoms with Gasteiger partial charge in [0.2, 0.25) is 0 Å². The molecular formula is C15H18O3. The molecule has 0 bridgehead atoms. The van der Waals surface area contributed by atoms with Gasteiger partial charge in [0.1, 0.15) is 11.4 Å². The molecule has 0 amide bonds. The zero-order valence-corrected chi connectivity index (χ0v) is 11.0. The van der Waals surface area contributed by atoms with Crippen molar-refractivity contribution >= 4 is 5.78 Å². The lowest BCUT2D eigenvalue weighted by Crippen LogP contribution is -2.59. The monoisotopic (exact) mass is 246 g/mol. The number of carbonyl (C=O) groups is 1. The Morgan fingerprint density at radius 1 is 1.33 bits per heavy atom. The zero-order valence-electron chi connectivity index (χ0n) is 11.0. The number of Topliss-reactive ketones (excluding diaryl/α,β-unsaturated/α-hetero) is 1. The number of furan rings is 1. The predicted octanol–water partition coefficient (Wildman–Crippen LogP) is 2.34. The van der Waals surface area contributed by atoms with Crippen molar-refractivity contribution in [2.24, 2.45) is 5.41 Å². The molecule has 2 aliphatic carbocycles. The molecule has 0 saturated heterocycles. The Balaban J connectivity index is 2.21. The van der Waals surface area contributed by atoms with Crippen molar-refractivity contribution in [2.75, 3.05) is 0 Å². The van der Waals surface area contributed by atoms with E-state index in [1.165, 1.54) is 0 Å². The van der Waals surface area contributed by atoms with Crippen molar-refractivity contribution in [1.82, 2.24) is 0 Å². The van der Waals surface area contributed by atoms with Gasteiger partial charge in [-0.25, -0.2) is 0 Å². The number of aryl methyl sites for hydroxylation is 1. The molecule has 1 heterocycles. The van der Waals surface area contributed by atoms with Crippen LogP contribution in [-0.4, -0.2) is 16.5 Å². The quantitative estimate of drug-likeness (QED) is 0.715. The maximum atomic E-state index is 12.2. The van der Waals surface area contributed by atoms with Crippen LogP contribution in [0.2, 0.25) is 0 Å². The van der Waals surface area contributed by atoms with E-state index < -0.39 is 11.0 Å². The highest BCUT2D eigenvalue weighted by molar-refractivity contribution is 5.92. The molecule has 0 saturated carbocycles. The molecule has 0 aromatic carbocycles. The SMILES string of the molecule is CC1=CCC(=O)[C@]2(O)Cc3occ(C)c3C[C@]12C. The summed E-state index contributed by atoms with van der Waals surface area (Å²) < 4.78 is 5.50. The first-order chi connectivity index (χ1) is 8.38. The van der Waals surface area contributed by atoms with Crippen LogP contribution in [0.1, 0.15) is 37.2 Å². The number of hydrogen-bond donors (Lipinski definition) is 1. The minimum Gasteiger partial charge on any atom is -0.469 e. The van der Waals surface area contributed by atoms with Crippen LogP contribution in [0.5, 0.6) is 0 Å². The highest BCUT2D eigenvalue weighted by atomic mass is 16.3. The largest absolute Gasteiger partial charge is 0.469 e. The smallest absolute Gasteiger partial charge is 0.169 e. The molecule has 0 fully saturated rings. The summed E-state index contributed by atoms with van der Waals surface area (Å²) in [6.45, 7) is 6.02. The van der Waals surface area contributed by atoms with Gasteiger partial charge in [-0.1, -0.05) is 18.6 Å². The minimum atomic E-state index is -1.30. The summed E-state index contributed by atoms with van der Waals surface area (Å²) in [4.78, 5) is 12.2. The lowest BCUT2D eigenvalue weighted by molar-refractivity contribution is -0.152.